The zero-order valence-electron chi connectivity index (χ0n) is 8.47. The van der Waals surface area contributed by atoms with Crippen molar-refractivity contribution in [2.24, 2.45) is 5.73 Å². The van der Waals surface area contributed by atoms with Gasteiger partial charge in [0.05, 0.1) is 12.2 Å². The Hall–Kier alpha value is -1.65. The van der Waals surface area contributed by atoms with Crippen LogP contribution in [0.5, 0.6) is 0 Å². The molecule has 0 spiro atoms. The number of primary amides is 1. The van der Waals surface area contributed by atoms with Gasteiger partial charge in [0.15, 0.2) is 0 Å². The Morgan fingerprint density at radius 3 is 3.00 bits per heavy atom. The minimum atomic E-state index is -0.350. The second-order valence-electron chi connectivity index (χ2n) is 3.72. The number of nitrogens with two attached hydrogens (primary N) is 1. The highest BCUT2D eigenvalue weighted by atomic mass is 16.2. The zero-order chi connectivity index (χ0) is 10.7. The Bertz CT molecular complexity index is 341. The highest BCUT2D eigenvalue weighted by molar-refractivity contribution is 5.72. The molecule has 1 saturated heterocycles. The molecule has 5 nitrogen and oxygen atoms in total. The van der Waals surface area contributed by atoms with Gasteiger partial charge in [-0.1, -0.05) is 0 Å². The molecular formula is C10H14N4O. The molecule has 5 heteroatoms. The van der Waals surface area contributed by atoms with Crippen LogP contribution in [0.15, 0.2) is 18.5 Å². The fraction of sp³-hybridized carbons (Fsp3) is 0.500. The fourth-order valence-electron chi connectivity index (χ4n) is 2.04. The summed E-state index contributed by atoms with van der Waals surface area (Å²) in [6.07, 6.45) is 6.44. The minimum absolute atomic E-state index is 0.0757. The Kier molecular flexibility index (Phi) is 2.80. The number of aromatic nitrogens is 2. The summed E-state index contributed by atoms with van der Waals surface area (Å²) in [6.45, 7) is 0.738. The highest BCUT2D eigenvalue weighted by Crippen LogP contribution is 2.29. The van der Waals surface area contributed by atoms with Crippen molar-refractivity contribution >= 4 is 6.03 Å². The summed E-state index contributed by atoms with van der Waals surface area (Å²) in [5.41, 5.74) is 6.36. The van der Waals surface area contributed by atoms with E-state index in [2.05, 4.69) is 10.2 Å². The molecule has 1 fully saturated rings. The van der Waals surface area contributed by atoms with Crippen molar-refractivity contribution in [3.63, 3.8) is 0 Å². The fourth-order valence-corrected chi connectivity index (χ4v) is 2.04. The van der Waals surface area contributed by atoms with Gasteiger partial charge in [0.1, 0.15) is 0 Å². The number of carbonyl (C=O) groups excluding carboxylic acids is 1. The van der Waals surface area contributed by atoms with Crippen molar-refractivity contribution < 1.29 is 4.79 Å². The summed E-state index contributed by atoms with van der Waals surface area (Å²) in [7, 11) is 0. The third-order valence-corrected chi connectivity index (χ3v) is 2.78. The number of likely N-dealkylation sites (tertiary alicyclic amines) is 1. The molecule has 1 aromatic rings. The first-order valence-electron chi connectivity index (χ1n) is 5.11. The van der Waals surface area contributed by atoms with Crippen molar-refractivity contribution in [1.82, 2.24) is 15.1 Å². The summed E-state index contributed by atoms with van der Waals surface area (Å²) in [5.74, 6) is 0. The monoisotopic (exact) mass is 206 g/mol. The maximum Gasteiger partial charge on any atom is 0.315 e. The van der Waals surface area contributed by atoms with Crippen LogP contribution in [0.1, 0.15) is 30.9 Å². The molecule has 1 aliphatic heterocycles. The normalized spacial score (nSPS) is 21.3. The summed E-state index contributed by atoms with van der Waals surface area (Å²) in [6, 6.07) is 1.61. The summed E-state index contributed by atoms with van der Waals surface area (Å²) in [5, 5.41) is 7.55. The Balaban J connectivity index is 2.22. The van der Waals surface area contributed by atoms with Gasteiger partial charge in [-0.05, 0) is 30.9 Å². The molecule has 0 saturated carbocycles. The average molecular weight is 206 g/mol. The molecule has 2 amide bonds. The largest absolute Gasteiger partial charge is 0.351 e. The van der Waals surface area contributed by atoms with E-state index in [0.717, 1.165) is 31.4 Å². The minimum Gasteiger partial charge on any atom is -0.351 e. The molecule has 15 heavy (non-hydrogen) atoms. The molecule has 0 radical (unpaired) electrons. The standard InChI is InChI=1S/C10H14N4O/c11-10(15)14-6-2-1-3-9(14)8-4-5-12-13-7-8/h4-5,7,9H,1-3,6H2,(H2,11,15). The molecule has 2 heterocycles. The topological polar surface area (TPSA) is 72.1 Å². The first-order valence-corrected chi connectivity index (χ1v) is 5.11. The van der Waals surface area contributed by atoms with Gasteiger partial charge in [-0.15, -0.1) is 0 Å². The Labute approximate surface area is 88.3 Å². The summed E-state index contributed by atoms with van der Waals surface area (Å²) >= 11 is 0. The molecule has 1 atom stereocenters. The van der Waals surface area contributed by atoms with Crippen LogP contribution in [0.25, 0.3) is 0 Å². The summed E-state index contributed by atoms with van der Waals surface area (Å²) in [4.78, 5) is 13.0. The average Bonchev–Trinajstić information content (AvgIpc) is 2.30. The Morgan fingerprint density at radius 2 is 2.33 bits per heavy atom. The van der Waals surface area contributed by atoms with Gasteiger partial charge < -0.3 is 10.6 Å². The van der Waals surface area contributed by atoms with Crippen LogP contribution < -0.4 is 5.73 Å². The van der Waals surface area contributed by atoms with E-state index in [1.54, 1.807) is 17.3 Å². The van der Waals surface area contributed by atoms with Crippen LogP contribution in [-0.4, -0.2) is 27.7 Å². The van der Waals surface area contributed by atoms with E-state index < -0.39 is 0 Å². The van der Waals surface area contributed by atoms with Gasteiger partial charge >= 0.3 is 6.03 Å². The van der Waals surface area contributed by atoms with Gasteiger partial charge in [0.25, 0.3) is 0 Å². The van der Waals surface area contributed by atoms with Gasteiger partial charge in [-0.2, -0.15) is 10.2 Å². The van der Waals surface area contributed by atoms with E-state index in [1.807, 2.05) is 6.07 Å². The Morgan fingerprint density at radius 1 is 1.47 bits per heavy atom. The van der Waals surface area contributed by atoms with Gasteiger partial charge in [-0.25, -0.2) is 4.79 Å². The van der Waals surface area contributed by atoms with Crippen LogP contribution >= 0.6 is 0 Å². The van der Waals surface area contributed by atoms with Crippen molar-refractivity contribution in [2.75, 3.05) is 6.54 Å². The number of carbonyl (C=O) groups is 1. The lowest BCUT2D eigenvalue weighted by atomic mass is 9.97. The SMILES string of the molecule is NC(=O)N1CCCCC1c1ccnnc1. The van der Waals surface area contributed by atoms with E-state index in [0.29, 0.717) is 0 Å². The predicted molar refractivity (Wildman–Crippen MR) is 54.9 cm³/mol. The first-order chi connectivity index (χ1) is 7.29. The van der Waals surface area contributed by atoms with Gasteiger partial charge in [-0.3, -0.25) is 0 Å². The second kappa shape index (κ2) is 4.25. The quantitative estimate of drug-likeness (QED) is 0.747. The number of hydrogen-bond donors (Lipinski definition) is 1. The lowest BCUT2D eigenvalue weighted by molar-refractivity contribution is 0.159. The predicted octanol–water partition coefficient (Wildman–Crippen LogP) is 1.08. The maximum absolute atomic E-state index is 11.3. The number of piperidine rings is 1. The van der Waals surface area contributed by atoms with Crippen LogP contribution in [-0.2, 0) is 0 Å². The van der Waals surface area contributed by atoms with Crippen LogP contribution in [0, 0.1) is 0 Å². The summed E-state index contributed by atoms with van der Waals surface area (Å²) < 4.78 is 0. The molecule has 0 bridgehead atoms. The van der Waals surface area contributed by atoms with Crippen molar-refractivity contribution in [1.29, 1.82) is 0 Å². The van der Waals surface area contributed by atoms with E-state index in [1.165, 1.54) is 0 Å². The van der Waals surface area contributed by atoms with E-state index in [-0.39, 0.29) is 12.1 Å². The molecule has 2 N–H and O–H groups in total. The molecule has 0 aromatic carbocycles. The van der Waals surface area contributed by atoms with Crippen LogP contribution in [0.2, 0.25) is 0 Å². The third kappa shape index (κ3) is 2.06. The zero-order valence-corrected chi connectivity index (χ0v) is 8.47. The second-order valence-corrected chi connectivity index (χ2v) is 3.72. The van der Waals surface area contributed by atoms with Gasteiger partial charge in [0.2, 0.25) is 0 Å². The maximum atomic E-state index is 11.3. The molecule has 80 valence electrons. The van der Waals surface area contributed by atoms with Crippen LogP contribution in [0.4, 0.5) is 4.79 Å². The third-order valence-electron chi connectivity index (χ3n) is 2.78. The molecule has 1 unspecified atom stereocenters. The lowest BCUT2D eigenvalue weighted by Crippen LogP contribution is -2.41. The lowest BCUT2D eigenvalue weighted by Gasteiger charge is -2.34. The van der Waals surface area contributed by atoms with Gasteiger partial charge in [0, 0.05) is 12.7 Å². The van der Waals surface area contributed by atoms with E-state index in [9.17, 15) is 4.79 Å². The molecule has 1 aromatic heterocycles. The van der Waals surface area contributed by atoms with E-state index >= 15 is 0 Å². The molecule has 2 rings (SSSR count). The molecule has 0 aliphatic carbocycles. The highest BCUT2D eigenvalue weighted by Gasteiger charge is 2.26. The van der Waals surface area contributed by atoms with Crippen molar-refractivity contribution in [3.8, 4) is 0 Å². The number of urea groups is 1. The molecular weight excluding hydrogens is 192 g/mol. The van der Waals surface area contributed by atoms with Crippen LogP contribution in [0.3, 0.4) is 0 Å². The number of amides is 2. The van der Waals surface area contributed by atoms with Crippen molar-refractivity contribution in [2.45, 2.75) is 25.3 Å². The van der Waals surface area contributed by atoms with Crippen molar-refractivity contribution in [3.05, 3.63) is 24.0 Å². The number of hydrogen-bond acceptors (Lipinski definition) is 3. The first kappa shape index (κ1) is 9.89. The number of nitrogens with zero attached hydrogens (tertiary/aromatic N) is 3. The molecule has 1 aliphatic rings. The van der Waals surface area contributed by atoms with E-state index in [4.69, 9.17) is 5.73 Å². The smallest absolute Gasteiger partial charge is 0.315 e. The number of rotatable bonds is 1.